The molecule has 122 valence electrons. The predicted octanol–water partition coefficient (Wildman–Crippen LogP) is 3.41. The number of aliphatic carboxylic acids is 1. The first-order valence-corrected chi connectivity index (χ1v) is 8.58. The van der Waals surface area contributed by atoms with Gasteiger partial charge in [0.2, 0.25) is 0 Å². The van der Waals surface area contributed by atoms with Gasteiger partial charge in [-0.2, -0.15) is 0 Å². The molecule has 0 aliphatic carbocycles. The highest BCUT2D eigenvalue weighted by molar-refractivity contribution is 7.16. The van der Waals surface area contributed by atoms with Crippen molar-refractivity contribution in [1.82, 2.24) is 4.98 Å². The van der Waals surface area contributed by atoms with Crippen molar-refractivity contribution in [3.05, 3.63) is 65.0 Å². The SMILES string of the molecule is CCc1ccc(Nc2nc(-c3ccccc3)c(CC(=O)[O-])s2)cc1. The van der Waals surface area contributed by atoms with Crippen molar-refractivity contribution in [1.29, 1.82) is 0 Å². The maximum absolute atomic E-state index is 11.0. The minimum Gasteiger partial charge on any atom is -0.550 e. The highest BCUT2D eigenvalue weighted by Crippen LogP contribution is 2.33. The molecule has 5 heteroatoms. The van der Waals surface area contributed by atoms with Gasteiger partial charge in [0.1, 0.15) is 0 Å². The Labute approximate surface area is 144 Å². The van der Waals surface area contributed by atoms with Crippen molar-refractivity contribution < 1.29 is 9.90 Å². The fraction of sp³-hybridized carbons (Fsp3) is 0.158. The molecule has 0 unspecified atom stereocenters. The quantitative estimate of drug-likeness (QED) is 0.748. The van der Waals surface area contributed by atoms with E-state index >= 15 is 0 Å². The second-order valence-electron chi connectivity index (χ2n) is 5.38. The number of carboxylic acids is 1. The van der Waals surface area contributed by atoms with E-state index in [4.69, 9.17) is 0 Å². The third-order valence-corrected chi connectivity index (χ3v) is 4.63. The van der Waals surface area contributed by atoms with Gasteiger partial charge < -0.3 is 15.2 Å². The molecule has 2 aromatic carbocycles. The van der Waals surface area contributed by atoms with E-state index < -0.39 is 5.97 Å². The molecule has 1 N–H and O–H groups in total. The molecule has 0 bridgehead atoms. The first kappa shape index (κ1) is 16.2. The highest BCUT2D eigenvalue weighted by Gasteiger charge is 2.13. The summed E-state index contributed by atoms with van der Waals surface area (Å²) in [5.74, 6) is -1.10. The van der Waals surface area contributed by atoms with E-state index in [9.17, 15) is 9.90 Å². The number of aromatic nitrogens is 1. The summed E-state index contributed by atoms with van der Waals surface area (Å²) in [7, 11) is 0. The van der Waals surface area contributed by atoms with Crippen LogP contribution in [0, 0.1) is 0 Å². The Morgan fingerprint density at radius 3 is 2.46 bits per heavy atom. The van der Waals surface area contributed by atoms with Crippen molar-refractivity contribution in [2.75, 3.05) is 5.32 Å². The van der Waals surface area contributed by atoms with Gasteiger partial charge >= 0.3 is 0 Å². The lowest BCUT2D eigenvalue weighted by atomic mass is 10.1. The number of rotatable bonds is 6. The molecule has 1 heterocycles. The summed E-state index contributed by atoms with van der Waals surface area (Å²) in [5.41, 5.74) is 3.79. The number of hydrogen-bond acceptors (Lipinski definition) is 5. The van der Waals surface area contributed by atoms with Gasteiger partial charge in [-0.15, -0.1) is 11.3 Å². The number of hydrogen-bond donors (Lipinski definition) is 1. The van der Waals surface area contributed by atoms with Gasteiger partial charge in [-0.3, -0.25) is 0 Å². The summed E-state index contributed by atoms with van der Waals surface area (Å²) in [6, 6.07) is 17.7. The lowest BCUT2D eigenvalue weighted by Crippen LogP contribution is -2.24. The zero-order valence-electron chi connectivity index (χ0n) is 13.3. The number of thiazole rings is 1. The van der Waals surface area contributed by atoms with Crippen LogP contribution in [-0.2, 0) is 17.6 Å². The average Bonchev–Trinajstić information content (AvgIpc) is 2.98. The minimum atomic E-state index is -1.10. The van der Waals surface area contributed by atoms with Gasteiger partial charge in [-0.05, 0) is 24.1 Å². The number of anilines is 2. The van der Waals surface area contributed by atoms with E-state index in [-0.39, 0.29) is 6.42 Å². The third-order valence-electron chi connectivity index (χ3n) is 3.66. The maximum Gasteiger partial charge on any atom is 0.187 e. The second-order valence-corrected chi connectivity index (χ2v) is 6.46. The number of nitrogens with zero attached hydrogens (tertiary/aromatic N) is 1. The molecular formula is C19H17N2O2S-. The van der Waals surface area contributed by atoms with Crippen LogP contribution in [0.3, 0.4) is 0 Å². The number of carbonyl (C=O) groups is 1. The van der Waals surface area contributed by atoms with Gasteiger partial charge in [0.15, 0.2) is 5.13 Å². The predicted molar refractivity (Wildman–Crippen MR) is 95.4 cm³/mol. The number of benzene rings is 2. The summed E-state index contributed by atoms with van der Waals surface area (Å²) < 4.78 is 0. The van der Waals surface area contributed by atoms with Gasteiger partial charge in [0, 0.05) is 28.5 Å². The zero-order chi connectivity index (χ0) is 16.9. The molecule has 3 aromatic rings. The molecule has 0 radical (unpaired) electrons. The van der Waals surface area contributed by atoms with Crippen LogP contribution in [-0.4, -0.2) is 11.0 Å². The molecule has 3 rings (SSSR count). The van der Waals surface area contributed by atoms with Crippen LogP contribution < -0.4 is 10.4 Å². The molecule has 0 aliphatic rings. The van der Waals surface area contributed by atoms with Gasteiger partial charge in [-0.1, -0.05) is 49.4 Å². The molecular weight excluding hydrogens is 320 g/mol. The van der Waals surface area contributed by atoms with Crippen LogP contribution in [0.2, 0.25) is 0 Å². The van der Waals surface area contributed by atoms with Crippen molar-refractivity contribution >= 4 is 28.1 Å². The standard InChI is InChI=1S/C19H18N2O2S/c1-2-13-8-10-15(11-9-13)20-19-21-18(14-6-4-3-5-7-14)16(24-19)12-17(22)23/h3-11H,2,12H2,1H3,(H,20,21)(H,22,23)/p-1. The molecule has 0 saturated heterocycles. The van der Waals surface area contributed by atoms with Gasteiger partial charge in [0.25, 0.3) is 0 Å². The van der Waals surface area contributed by atoms with Crippen LogP contribution in [0.1, 0.15) is 17.4 Å². The minimum absolute atomic E-state index is 0.141. The molecule has 0 saturated carbocycles. The van der Waals surface area contributed by atoms with Crippen molar-refractivity contribution in [2.45, 2.75) is 19.8 Å². The largest absolute Gasteiger partial charge is 0.550 e. The molecule has 0 spiro atoms. The van der Waals surface area contributed by atoms with Gasteiger partial charge in [0.05, 0.1) is 5.69 Å². The van der Waals surface area contributed by atoms with E-state index in [0.29, 0.717) is 15.7 Å². The summed E-state index contributed by atoms with van der Waals surface area (Å²) in [4.78, 5) is 16.3. The molecule has 24 heavy (non-hydrogen) atoms. The lowest BCUT2D eigenvalue weighted by molar-refractivity contribution is -0.304. The molecule has 0 atom stereocenters. The fourth-order valence-electron chi connectivity index (χ4n) is 2.42. The van der Waals surface area contributed by atoms with E-state index in [1.807, 2.05) is 42.5 Å². The molecule has 0 amide bonds. The molecule has 1 aromatic heterocycles. The van der Waals surface area contributed by atoms with E-state index in [2.05, 4.69) is 29.4 Å². The summed E-state index contributed by atoms with van der Waals surface area (Å²) in [6.07, 6.45) is 0.851. The van der Waals surface area contributed by atoms with E-state index in [0.717, 1.165) is 17.7 Å². The average molecular weight is 337 g/mol. The first-order valence-electron chi connectivity index (χ1n) is 7.76. The Bertz CT molecular complexity index is 826. The van der Waals surface area contributed by atoms with Crippen molar-refractivity contribution in [3.8, 4) is 11.3 Å². The van der Waals surface area contributed by atoms with Crippen LogP contribution in [0.5, 0.6) is 0 Å². The lowest BCUT2D eigenvalue weighted by Gasteiger charge is -2.03. The van der Waals surface area contributed by atoms with Crippen molar-refractivity contribution in [2.24, 2.45) is 0 Å². The topological polar surface area (TPSA) is 65.0 Å². The number of nitrogens with one attached hydrogen (secondary N) is 1. The number of carboxylic acid groups (broad SMARTS) is 1. The molecule has 0 aliphatic heterocycles. The maximum atomic E-state index is 11.0. The van der Waals surface area contributed by atoms with E-state index in [1.54, 1.807) is 0 Å². The summed E-state index contributed by atoms with van der Waals surface area (Å²) in [6.45, 7) is 2.11. The van der Waals surface area contributed by atoms with Gasteiger partial charge in [-0.25, -0.2) is 4.98 Å². The smallest absolute Gasteiger partial charge is 0.187 e. The zero-order valence-corrected chi connectivity index (χ0v) is 14.1. The Morgan fingerprint density at radius 1 is 1.12 bits per heavy atom. The number of carbonyl (C=O) groups excluding carboxylic acids is 1. The van der Waals surface area contributed by atoms with Crippen LogP contribution in [0.15, 0.2) is 54.6 Å². The van der Waals surface area contributed by atoms with Crippen LogP contribution in [0.4, 0.5) is 10.8 Å². The Hall–Kier alpha value is -2.66. The Balaban J connectivity index is 1.90. The third kappa shape index (κ3) is 3.81. The first-order chi connectivity index (χ1) is 11.7. The van der Waals surface area contributed by atoms with Crippen LogP contribution >= 0.6 is 11.3 Å². The van der Waals surface area contributed by atoms with Crippen molar-refractivity contribution in [3.63, 3.8) is 0 Å². The summed E-state index contributed by atoms with van der Waals surface area (Å²) in [5, 5.41) is 15.0. The monoisotopic (exact) mass is 337 g/mol. The van der Waals surface area contributed by atoms with Crippen LogP contribution in [0.25, 0.3) is 11.3 Å². The Kier molecular flexibility index (Phi) is 4.91. The normalized spacial score (nSPS) is 10.5. The second kappa shape index (κ2) is 7.27. The van der Waals surface area contributed by atoms with E-state index in [1.165, 1.54) is 16.9 Å². The summed E-state index contributed by atoms with van der Waals surface area (Å²) >= 11 is 1.34. The molecule has 0 fully saturated rings. The molecule has 4 nitrogen and oxygen atoms in total. The Morgan fingerprint density at radius 2 is 1.83 bits per heavy atom. The number of aryl methyl sites for hydroxylation is 1. The fourth-order valence-corrected chi connectivity index (χ4v) is 3.41. The highest BCUT2D eigenvalue weighted by atomic mass is 32.1.